The molecule has 15 heavy (non-hydrogen) atoms. The van der Waals surface area contributed by atoms with Gasteiger partial charge in [-0.15, -0.1) is 0 Å². The first-order chi connectivity index (χ1) is 7.04. The Hall–Kier alpha value is -0.170. The van der Waals surface area contributed by atoms with Crippen LogP contribution >= 0.6 is 0 Å². The van der Waals surface area contributed by atoms with E-state index in [2.05, 4.69) is 9.44 Å². The molecule has 0 heterocycles. The van der Waals surface area contributed by atoms with E-state index in [1.54, 1.807) is 0 Å². The third-order valence-electron chi connectivity index (χ3n) is 3.25. The second-order valence-electron chi connectivity index (χ2n) is 4.29. The average Bonchev–Trinajstić information content (AvgIpc) is 2.28. The maximum atomic E-state index is 11.2. The summed E-state index contributed by atoms with van der Waals surface area (Å²) in [5.41, 5.74) is 5.73. The molecule has 1 aliphatic rings. The summed E-state index contributed by atoms with van der Waals surface area (Å²) in [4.78, 5) is 0. The fraction of sp³-hybridized carbons (Fsp3) is 1.00. The number of nitrogens with two attached hydrogens (primary N) is 1. The van der Waals surface area contributed by atoms with Crippen molar-refractivity contribution in [1.29, 1.82) is 0 Å². The Kier molecular flexibility index (Phi) is 4.51. The van der Waals surface area contributed by atoms with Crippen LogP contribution in [0.4, 0.5) is 0 Å². The molecule has 1 aliphatic carbocycles. The van der Waals surface area contributed by atoms with Gasteiger partial charge in [-0.05, 0) is 24.8 Å². The third-order valence-corrected chi connectivity index (χ3v) is 4.31. The molecule has 0 bridgehead atoms. The van der Waals surface area contributed by atoms with Gasteiger partial charge in [0.2, 0.25) is 0 Å². The highest BCUT2D eigenvalue weighted by Gasteiger charge is 2.31. The second kappa shape index (κ2) is 5.25. The van der Waals surface area contributed by atoms with Crippen molar-refractivity contribution in [2.24, 2.45) is 11.1 Å². The van der Waals surface area contributed by atoms with Gasteiger partial charge in [0.15, 0.2) is 0 Å². The van der Waals surface area contributed by atoms with E-state index in [0.29, 0.717) is 13.1 Å². The van der Waals surface area contributed by atoms with E-state index in [-0.39, 0.29) is 5.41 Å². The minimum absolute atomic E-state index is 0.0256. The summed E-state index contributed by atoms with van der Waals surface area (Å²) in [7, 11) is -1.92. The molecular formula is C9H21N3O2S. The molecule has 0 atom stereocenters. The molecule has 1 rings (SSSR count). The molecule has 4 N–H and O–H groups in total. The van der Waals surface area contributed by atoms with E-state index in [4.69, 9.17) is 5.73 Å². The van der Waals surface area contributed by atoms with E-state index in [1.807, 2.05) is 0 Å². The van der Waals surface area contributed by atoms with E-state index in [1.165, 1.54) is 13.5 Å². The van der Waals surface area contributed by atoms with Crippen LogP contribution in [0.2, 0.25) is 0 Å². The summed E-state index contributed by atoms with van der Waals surface area (Å²) in [5.74, 6) is 0. The molecule has 0 aromatic heterocycles. The number of hydrogen-bond acceptors (Lipinski definition) is 3. The summed E-state index contributed by atoms with van der Waals surface area (Å²) in [6.07, 6.45) is 5.59. The highest BCUT2D eigenvalue weighted by atomic mass is 32.2. The summed E-state index contributed by atoms with van der Waals surface area (Å²) in [6, 6.07) is 0. The van der Waals surface area contributed by atoms with E-state index in [0.717, 1.165) is 25.7 Å². The van der Waals surface area contributed by atoms with Gasteiger partial charge >= 0.3 is 0 Å². The Morgan fingerprint density at radius 3 is 2.33 bits per heavy atom. The Balaban J connectivity index is 2.53. The molecule has 0 aliphatic heterocycles. The van der Waals surface area contributed by atoms with Crippen molar-refractivity contribution >= 4 is 10.2 Å². The topological polar surface area (TPSA) is 84.2 Å². The van der Waals surface area contributed by atoms with Crippen molar-refractivity contribution in [3.05, 3.63) is 0 Å². The number of hydrogen-bond donors (Lipinski definition) is 3. The first-order valence-electron chi connectivity index (χ1n) is 5.42. The second-order valence-corrected chi connectivity index (χ2v) is 6.00. The van der Waals surface area contributed by atoms with Gasteiger partial charge in [0.1, 0.15) is 0 Å². The van der Waals surface area contributed by atoms with Crippen molar-refractivity contribution < 1.29 is 8.42 Å². The zero-order chi connectivity index (χ0) is 11.4. The first kappa shape index (κ1) is 12.9. The predicted molar refractivity (Wildman–Crippen MR) is 60.6 cm³/mol. The van der Waals surface area contributed by atoms with E-state index < -0.39 is 10.2 Å². The van der Waals surface area contributed by atoms with E-state index >= 15 is 0 Å². The smallest absolute Gasteiger partial charge is 0.276 e. The zero-order valence-electron chi connectivity index (χ0n) is 9.25. The molecule has 5 nitrogen and oxygen atoms in total. The van der Waals surface area contributed by atoms with Crippen LogP contribution in [0, 0.1) is 5.41 Å². The van der Waals surface area contributed by atoms with Crippen molar-refractivity contribution in [3.8, 4) is 0 Å². The van der Waals surface area contributed by atoms with Crippen LogP contribution in [0.3, 0.4) is 0 Å². The molecule has 0 unspecified atom stereocenters. The van der Waals surface area contributed by atoms with Crippen LogP contribution in [-0.2, 0) is 10.2 Å². The molecule has 0 saturated heterocycles. The van der Waals surface area contributed by atoms with Crippen LogP contribution in [0.5, 0.6) is 0 Å². The summed E-state index contributed by atoms with van der Waals surface area (Å²) >= 11 is 0. The fourth-order valence-electron chi connectivity index (χ4n) is 2.08. The maximum Gasteiger partial charge on any atom is 0.276 e. The zero-order valence-corrected chi connectivity index (χ0v) is 10.1. The van der Waals surface area contributed by atoms with Crippen LogP contribution in [0.15, 0.2) is 0 Å². The van der Waals surface area contributed by atoms with Gasteiger partial charge in [-0.1, -0.05) is 19.3 Å². The number of nitrogens with one attached hydrogen (secondary N) is 2. The normalized spacial score (nSPS) is 21.5. The highest BCUT2D eigenvalue weighted by molar-refractivity contribution is 7.87. The molecule has 6 heteroatoms. The number of rotatable bonds is 5. The Morgan fingerprint density at radius 1 is 1.27 bits per heavy atom. The fourth-order valence-corrected chi connectivity index (χ4v) is 2.72. The summed E-state index contributed by atoms with van der Waals surface area (Å²) in [6.45, 7) is 1.01. The molecule has 0 aromatic carbocycles. The standard InChI is InChI=1S/C9H21N3O2S/c1-11-15(13,14)12-8-9(7-10)5-3-2-4-6-9/h11-12H,2-8,10H2,1H3. The van der Waals surface area contributed by atoms with Crippen molar-refractivity contribution in [2.45, 2.75) is 32.1 Å². The first-order valence-corrected chi connectivity index (χ1v) is 6.90. The molecule has 1 saturated carbocycles. The van der Waals surface area contributed by atoms with Gasteiger partial charge in [-0.2, -0.15) is 8.42 Å². The van der Waals surface area contributed by atoms with Crippen LogP contribution < -0.4 is 15.2 Å². The van der Waals surface area contributed by atoms with E-state index in [9.17, 15) is 8.42 Å². The highest BCUT2D eigenvalue weighted by Crippen LogP contribution is 2.34. The molecule has 0 amide bonds. The van der Waals surface area contributed by atoms with Crippen molar-refractivity contribution in [1.82, 2.24) is 9.44 Å². The quantitative estimate of drug-likeness (QED) is 0.624. The van der Waals surface area contributed by atoms with Gasteiger partial charge < -0.3 is 5.73 Å². The van der Waals surface area contributed by atoms with Crippen LogP contribution in [0.25, 0.3) is 0 Å². The SMILES string of the molecule is CNS(=O)(=O)NCC1(CN)CCCCC1. The molecule has 1 fully saturated rings. The molecule has 90 valence electrons. The maximum absolute atomic E-state index is 11.2. The Morgan fingerprint density at radius 2 is 1.87 bits per heavy atom. The lowest BCUT2D eigenvalue weighted by molar-refractivity contribution is 0.202. The van der Waals surface area contributed by atoms with Gasteiger partial charge in [-0.3, -0.25) is 0 Å². The van der Waals surface area contributed by atoms with Crippen molar-refractivity contribution in [2.75, 3.05) is 20.1 Å². The predicted octanol–water partition coefficient (Wildman–Crippen LogP) is -0.0506. The summed E-state index contributed by atoms with van der Waals surface area (Å²) in [5, 5.41) is 0. The van der Waals surface area contributed by atoms with Gasteiger partial charge in [0, 0.05) is 13.6 Å². The lowest BCUT2D eigenvalue weighted by Crippen LogP contribution is -2.46. The molecule has 0 spiro atoms. The minimum Gasteiger partial charge on any atom is -0.330 e. The van der Waals surface area contributed by atoms with Gasteiger partial charge in [0.25, 0.3) is 10.2 Å². The largest absolute Gasteiger partial charge is 0.330 e. The van der Waals surface area contributed by atoms with Gasteiger partial charge in [-0.25, -0.2) is 9.44 Å². The minimum atomic E-state index is -3.32. The third kappa shape index (κ3) is 3.71. The molecule has 0 aromatic rings. The van der Waals surface area contributed by atoms with Gasteiger partial charge in [0.05, 0.1) is 0 Å². The molecular weight excluding hydrogens is 214 g/mol. The van der Waals surface area contributed by atoms with Crippen LogP contribution in [0.1, 0.15) is 32.1 Å². The lowest BCUT2D eigenvalue weighted by atomic mass is 9.74. The summed E-state index contributed by atoms with van der Waals surface area (Å²) < 4.78 is 27.3. The van der Waals surface area contributed by atoms with Crippen molar-refractivity contribution in [3.63, 3.8) is 0 Å². The van der Waals surface area contributed by atoms with Crippen LogP contribution in [-0.4, -0.2) is 28.6 Å². The Labute approximate surface area is 92.0 Å². The Bertz CT molecular complexity index is 284. The molecule has 0 radical (unpaired) electrons. The monoisotopic (exact) mass is 235 g/mol. The lowest BCUT2D eigenvalue weighted by Gasteiger charge is -2.36. The average molecular weight is 235 g/mol.